The van der Waals surface area contributed by atoms with E-state index < -0.39 is 0 Å². The molecular formula is C13H16O2. The highest BCUT2D eigenvalue weighted by Crippen LogP contribution is 2.49. The van der Waals surface area contributed by atoms with Gasteiger partial charge in [0.05, 0.1) is 19.3 Å². The first-order valence-corrected chi connectivity index (χ1v) is 5.69. The molecule has 0 spiro atoms. The molecule has 1 aliphatic heterocycles. The van der Waals surface area contributed by atoms with Gasteiger partial charge in [-0.1, -0.05) is 30.3 Å². The highest BCUT2D eigenvalue weighted by molar-refractivity contribution is 5.13. The molecule has 2 heteroatoms. The molecule has 1 heterocycles. The number of ether oxygens (including phenoxy) is 2. The average Bonchev–Trinajstić information content (AvgIpc) is 2.82. The van der Waals surface area contributed by atoms with Crippen LogP contribution in [0.2, 0.25) is 0 Å². The lowest BCUT2D eigenvalue weighted by molar-refractivity contribution is 0.0634. The van der Waals surface area contributed by atoms with E-state index in [1.807, 2.05) is 18.2 Å². The quantitative estimate of drug-likeness (QED) is 0.703. The van der Waals surface area contributed by atoms with Gasteiger partial charge in [-0.25, -0.2) is 0 Å². The summed E-state index contributed by atoms with van der Waals surface area (Å²) in [5.74, 6) is 0. The number of hydrogen-bond acceptors (Lipinski definition) is 2. The van der Waals surface area contributed by atoms with Crippen molar-refractivity contribution in [3.63, 3.8) is 0 Å². The minimum atomic E-state index is 0.120. The van der Waals surface area contributed by atoms with Gasteiger partial charge in [0.25, 0.3) is 0 Å². The molecule has 2 unspecified atom stereocenters. The largest absolute Gasteiger partial charge is 0.374 e. The van der Waals surface area contributed by atoms with E-state index in [4.69, 9.17) is 9.47 Å². The molecule has 2 nitrogen and oxygen atoms in total. The van der Waals surface area contributed by atoms with E-state index in [9.17, 15) is 0 Å². The lowest BCUT2D eigenvalue weighted by atomic mass is 10.1. The topological polar surface area (TPSA) is 21.8 Å². The summed E-state index contributed by atoms with van der Waals surface area (Å²) in [5, 5.41) is 0. The van der Waals surface area contributed by atoms with Crippen molar-refractivity contribution in [1.29, 1.82) is 0 Å². The summed E-state index contributed by atoms with van der Waals surface area (Å²) in [6.07, 6.45) is 4.23. The Kier molecular flexibility index (Phi) is 2.26. The molecule has 1 saturated heterocycles. The maximum Gasteiger partial charge on any atom is 0.118 e. The van der Waals surface area contributed by atoms with E-state index in [1.165, 1.54) is 24.8 Å². The summed E-state index contributed by atoms with van der Waals surface area (Å²) >= 11 is 0. The number of epoxide rings is 1. The van der Waals surface area contributed by atoms with Gasteiger partial charge < -0.3 is 9.47 Å². The first-order chi connectivity index (χ1) is 7.39. The van der Waals surface area contributed by atoms with Crippen LogP contribution in [0, 0.1) is 0 Å². The van der Waals surface area contributed by atoms with Gasteiger partial charge in [0.2, 0.25) is 0 Å². The van der Waals surface area contributed by atoms with E-state index in [0.29, 0.717) is 12.7 Å². The zero-order chi connectivity index (χ0) is 10.1. The van der Waals surface area contributed by atoms with Crippen LogP contribution in [-0.4, -0.2) is 18.3 Å². The molecule has 1 aromatic carbocycles. The van der Waals surface area contributed by atoms with Crippen LogP contribution in [0.3, 0.4) is 0 Å². The predicted octanol–water partition coefficient (Wildman–Crippen LogP) is 2.52. The third kappa shape index (κ3) is 1.80. The van der Waals surface area contributed by atoms with E-state index in [0.717, 1.165) is 6.61 Å². The third-order valence-corrected chi connectivity index (χ3v) is 3.43. The number of hydrogen-bond donors (Lipinski definition) is 0. The molecule has 2 fully saturated rings. The molecule has 0 aromatic heterocycles. The molecule has 0 radical (unpaired) electrons. The lowest BCUT2D eigenvalue weighted by Gasteiger charge is -2.09. The minimum Gasteiger partial charge on any atom is -0.374 e. The zero-order valence-electron chi connectivity index (χ0n) is 8.82. The molecule has 1 aliphatic carbocycles. The SMILES string of the molecule is c1ccc(COCC23CCCC2O3)cc1. The maximum absolute atomic E-state index is 5.72. The van der Waals surface area contributed by atoms with Gasteiger partial charge in [-0.15, -0.1) is 0 Å². The third-order valence-electron chi connectivity index (χ3n) is 3.43. The van der Waals surface area contributed by atoms with Crippen LogP contribution in [0.15, 0.2) is 30.3 Å². The summed E-state index contributed by atoms with van der Waals surface area (Å²) < 4.78 is 11.4. The Morgan fingerprint density at radius 2 is 2.20 bits per heavy atom. The van der Waals surface area contributed by atoms with Crippen LogP contribution < -0.4 is 0 Å². The van der Waals surface area contributed by atoms with Gasteiger partial charge in [0, 0.05) is 0 Å². The Balaban J connectivity index is 1.48. The van der Waals surface area contributed by atoms with Gasteiger partial charge in [-0.2, -0.15) is 0 Å². The highest BCUT2D eigenvalue weighted by Gasteiger charge is 2.59. The van der Waals surface area contributed by atoms with Crippen molar-refractivity contribution in [1.82, 2.24) is 0 Å². The van der Waals surface area contributed by atoms with Crippen molar-refractivity contribution in [3.05, 3.63) is 35.9 Å². The molecule has 1 saturated carbocycles. The van der Waals surface area contributed by atoms with Gasteiger partial charge in [-0.3, -0.25) is 0 Å². The van der Waals surface area contributed by atoms with E-state index in [2.05, 4.69) is 12.1 Å². The molecule has 3 rings (SSSR count). The predicted molar refractivity (Wildman–Crippen MR) is 57.6 cm³/mol. The van der Waals surface area contributed by atoms with Crippen molar-refractivity contribution >= 4 is 0 Å². The first kappa shape index (κ1) is 9.37. The monoisotopic (exact) mass is 204 g/mol. The minimum absolute atomic E-state index is 0.120. The van der Waals surface area contributed by atoms with Gasteiger partial charge in [0.1, 0.15) is 5.60 Å². The van der Waals surface area contributed by atoms with Crippen molar-refractivity contribution in [2.24, 2.45) is 0 Å². The number of benzene rings is 1. The Morgan fingerprint density at radius 3 is 2.87 bits per heavy atom. The Labute approximate surface area is 90.2 Å². The second kappa shape index (κ2) is 3.62. The maximum atomic E-state index is 5.72. The fourth-order valence-electron chi connectivity index (χ4n) is 2.49. The van der Waals surface area contributed by atoms with Crippen molar-refractivity contribution in [2.45, 2.75) is 37.6 Å². The van der Waals surface area contributed by atoms with Crippen LogP contribution in [0.25, 0.3) is 0 Å². The van der Waals surface area contributed by atoms with E-state index in [-0.39, 0.29) is 5.60 Å². The molecular weight excluding hydrogens is 188 g/mol. The van der Waals surface area contributed by atoms with Gasteiger partial charge in [0.15, 0.2) is 0 Å². The van der Waals surface area contributed by atoms with E-state index >= 15 is 0 Å². The average molecular weight is 204 g/mol. The second-order valence-corrected chi connectivity index (χ2v) is 4.54. The smallest absolute Gasteiger partial charge is 0.118 e. The summed E-state index contributed by atoms with van der Waals surface area (Å²) in [6.45, 7) is 1.48. The Morgan fingerprint density at radius 1 is 1.33 bits per heavy atom. The Bertz CT molecular complexity index is 336. The van der Waals surface area contributed by atoms with Crippen LogP contribution in [-0.2, 0) is 16.1 Å². The first-order valence-electron chi connectivity index (χ1n) is 5.69. The summed E-state index contributed by atoms with van der Waals surface area (Å²) in [5.41, 5.74) is 1.36. The molecule has 2 aliphatic rings. The molecule has 0 amide bonds. The normalized spacial score (nSPS) is 32.7. The standard InChI is InChI=1S/C13H16O2/c1-2-5-11(6-3-1)9-14-10-13-8-4-7-12(13)15-13/h1-3,5-6,12H,4,7-10H2. The number of fused-ring (bicyclic) bond motifs is 1. The summed E-state index contributed by atoms with van der Waals surface area (Å²) in [4.78, 5) is 0. The second-order valence-electron chi connectivity index (χ2n) is 4.54. The number of rotatable bonds is 4. The molecule has 80 valence electrons. The molecule has 2 atom stereocenters. The van der Waals surface area contributed by atoms with Crippen molar-refractivity contribution in [3.8, 4) is 0 Å². The summed E-state index contributed by atoms with van der Waals surface area (Å²) in [6, 6.07) is 10.3. The van der Waals surface area contributed by atoms with Crippen molar-refractivity contribution in [2.75, 3.05) is 6.61 Å². The zero-order valence-corrected chi connectivity index (χ0v) is 8.82. The van der Waals surface area contributed by atoms with Crippen LogP contribution >= 0.6 is 0 Å². The fourth-order valence-corrected chi connectivity index (χ4v) is 2.49. The van der Waals surface area contributed by atoms with Crippen molar-refractivity contribution < 1.29 is 9.47 Å². The molecule has 1 aromatic rings. The highest BCUT2D eigenvalue weighted by atomic mass is 16.6. The fraction of sp³-hybridized carbons (Fsp3) is 0.538. The molecule has 0 N–H and O–H groups in total. The van der Waals surface area contributed by atoms with E-state index in [1.54, 1.807) is 0 Å². The molecule has 0 bridgehead atoms. The summed E-state index contributed by atoms with van der Waals surface area (Å²) in [7, 11) is 0. The van der Waals surface area contributed by atoms with Gasteiger partial charge in [-0.05, 0) is 24.8 Å². The van der Waals surface area contributed by atoms with Crippen LogP contribution in [0.5, 0.6) is 0 Å². The van der Waals surface area contributed by atoms with Crippen LogP contribution in [0.4, 0.5) is 0 Å². The van der Waals surface area contributed by atoms with Crippen LogP contribution in [0.1, 0.15) is 24.8 Å². The Hall–Kier alpha value is -0.860. The molecule has 15 heavy (non-hydrogen) atoms. The van der Waals surface area contributed by atoms with Gasteiger partial charge >= 0.3 is 0 Å². The lowest BCUT2D eigenvalue weighted by Crippen LogP contribution is -2.18.